The van der Waals surface area contributed by atoms with Crippen molar-refractivity contribution in [1.82, 2.24) is 0 Å². The first-order chi connectivity index (χ1) is 8.74. The zero-order chi connectivity index (χ0) is 13.0. The van der Waals surface area contributed by atoms with Gasteiger partial charge in [0, 0.05) is 24.8 Å². The van der Waals surface area contributed by atoms with Crippen LogP contribution in [-0.4, -0.2) is 13.1 Å². The number of rotatable bonds is 5. The van der Waals surface area contributed by atoms with Crippen molar-refractivity contribution in [2.45, 2.75) is 45.6 Å². The molecule has 2 atom stereocenters. The van der Waals surface area contributed by atoms with Gasteiger partial charge in [-0.2, -0.15) is 0 Å². The van der Waals surface area contributed by atoms with Gasteiger partial charge in [0.25, 0.3) is 0 Å². The first-order valence-electron chi connectivity index (χ1n) is 7.35. The van der Waals surface area contributed by atoms with Crippen LogP contribution in [0.1, 0.15) is 51.1 Å². The van der Waals surface area contributed by atoms with Crippen LogP contribution in [0, 0.1) is 5.92 Å². The Kier molecular flexibility index (Phi) is 4.65. The Bertz CT molecular complexity index is 358. The second-order valence-corrected chi connectivity index (χ2v) is 5.50. The Morgan fingerprint density at radius 1 is 1.28 bits per heavy atom. The van der Waals surface area contributed by atoms with E-state index >= 15 is 0 Å². The molecule has 100 valence electrons. The fourth-order valence-corrected chi connectivity index (χ4v) is 2.88. The van der Waals surface area contributed by atoms with Gasteiger partial charge in [0.1, 0.15) is 0 Å². The summed E-state index contributed by atoms with van der Waals surface area (Å²) >= 11 is 0. The van der Waals surface area contributed by atoms with Crippen molar-refractivity contribution in [2.75, 3.05) is 18.0 Å². The molecule has 0 spiro atoms. The molecule has 1 aliphatic heterocycles. The van der Waals surface area contributed by atoms with E-state index in [2.05, 4.69) is 43.0 Å². The van der Waals surface area contributed by atoms with Gasteiger partial charge in [-0.15, -0.1) is 0 Å². The molecule has 1 aromatic rings. The number of nitrogens with two attached hydrogens (primary N) is 1. The van der Waals surface area contributed by atoms with E-state index in [0.29, 0.717) is 0 Å². The van der Waals surface area contributed by atoms with Gasteiger partial charge in [-0.05, 0) is 42.9 Å². The highest BCUT2D eigenvalue weighted by Gasteiger charge is 2.21. The SMILES string of the molecule is CCCC1CCN(c2ccc([C@H](N)CC)cc2)C1. The first-order valence-corrected chi connectivity index (χ1v) is 7.35. The van der Waals surface area contributed by atoms with Crippen LogP contribution in [0.3, 0.4) is 0 Å². The Balaban J connectivity index is 1.98. The van der Waals surface area contributed by atoms with Gasteiger partial charge in [-0.1, -0.05) is 32.4 Å². The first kappa shape index (κ1) is 13.4. The summed E-state index contributed by atoms with van der Waals surface area (Å²) in [6, 6.07) is 9.04. The fourth-order valence-electron chi connectivity index (χ4n) is 2.88. The maximum absolute atomic E-state index is 6.05. The lowest BCUT2D eigenvalue weighted by Gasteiger charge is -2.19. The van der Waals surface area contributed by atoms with Crippen LogP contribution in [0.2, 0.25) is 0 Å². The van der Waals surface area contributed by atoms with Gasteiger partial charge < -0.3 is 10.6 Å². The highest BCUT2D eigenvalue weighted by atomic mass is 15.1. The summed E-state index contributed by atoms with van der Waals surface area (Å²) in [6.45, 7) is 6.86. The van der Waals surface area contributed by atoms with Gasteiger partial charge in [0.05, 0.1) is 0 Å². The largest absolute Gasteiger partial charge is 0.371 e. The highest BCUT2D eigenvalue weighted by Crippen LogP contribution is 2.27. The molecule has 18 heavy (non-hydrogen) atoms. The van der Waals surface area contributed by atoms with Crippen LogP contribution < -0.4 is 10.6 Å². The molecule has 2 nitrogen and oxygen atoms in total. The molecule has 0 aromatic heterocycles. The predicted molar refractivity (Wildman–Crippen MR) is 78.9 cm³/mol. The maximum atomic E-state index is 6.05. The quantitative estimate of drug-likeness (QED) is 0.858. The van der Waals surface area contributed by atoms with Gasteiger partial charge >= 0.3 is 0 Å². The highest BCUT2D eigenvalue weighted by molar-refractivity contribution is 5.48. The minimum absolute atomic E-state index is 0.186. The maximum Gasteiger partial charge on any atom is 0.0366 e. The van der Waals surface area contributed by atoms with Gasteiger partial charge in [-0.25, -0.2) is 0 Å². The van der Waals surface area contributed by atoms with E-state index in [1.165, 1.54) is 43.6 Å². The molecule has 0 bridgehead atoms. The average Bonchev–Trinajstić information content (AvgIpc) is 2.87. The van der Waals surface area contributed by atoms with Crippen LogP contribution in [-0.2, 0) is 0 Å². The normalized spacial score (nSPS) is 21.3. The van der Waals surface area contributed by atoms with E-state index in [-0.39, 0.29) is 6.04 Å². The summed E-state index contributed by atoms with van der Waals surface area (Å²) in [5.41, 5.74) is 8.66. The zero-order valence-corrected chi connectivity index (χ0v) is 11.7. The third-order valence-electron chi connectivity index (χ3n) is 4.11. The van der Waals surface area contributed by atoms with Crippen molar-refractivity contribution in [3.8, 4) is 0 Å². The molecule has 1 aromatic carbocycles. The molecule has 0 saturated carbocycles. The molecule has 2 rings (SSSR count). The van der Waals surface area contributed by atoms with E-state index in [0.717, 1.165) is 12.3 Å². The second-order valence-electron chi connectivity index (χ2n) is 5.50. The lowest BCUT2D eigenvalue weighted by molar-refractivity contribution is 0.530. The molecule has 0 aliphatic carbocycles. The predicted octanol–water partition coefficient (Wildman–Crippen LogP) is 3.72. The Labute approximate surface area is 111 Å². The van der Waals surface area contributed by atoms with E-state index in [4.69, 9.17) is 5.73 Å². The Morgan fingerprint density at radius 3 is 2.61 bits per heavy atom. The lowest BCUT2D eigenvalue weighted by atomic mass is 10.0. The molecule has 1 fully saturated rings. The monoisotopic (exact) mass is 246 g/mol. The van der Waals surface area contributed by atoms with E-state index in [1.807, 2.05) is 0 Å². The minimum atomic E-state index is 0.186. The Hall–Kier alpha value is -1.02. The lowest BCUT2D eigenvalue weighted by Crippen LogP contribution is -2.19. The van der Waals surface area contributed by atoms with Crippen molar-refractivity contribution >= 4 is 5.69 Å². The van der Waals surface area contributed by atoms with E-state index in [1.54, 1.807) is 0 Å². The Morgan fingerprint density at radius 2 is 2.00 bits per heavy atom. The number of benzene rings is 1. The van der Waals surface area contributed by atoms with Crippen molar-refractivity contribution < 1.29 is 0 Å². The summed E-state index contributed by atoms with van der Waals surface area (Å²) in [5.74, 6) is 0.896. The summed E-state index contributed by atoms with van der Waals surface area (Å²) in [7, 11) is 0. The summed E-state index contributed by atoms with van der Waals surface area (Å²) in [6.07, 6.45) is 5.03. The molecule has 0 radical (unpaired) electrons. The summed E-state index contributed by atoms with van der Waals surface area (Å²) in [4.78, 5) is 2.52. The smallest absolute Gasteiger partial charge is 0.0366 e. The number of hydrogen-bond acceptors (Lipinski definition) is 2. The van der Waals surface area contributed by atoms with Crippen molar-refractivity contribution in [3.05, 3.63) is 29.8 Å². The molecule has 1 saturated heterocycles. The van der Waals surface area contributed by atoms with Crippen molar-refractivity contribution in [3.63, 3.8) is 0 Å². The van der Waals surface area contributed by atoms with Crippen molar-refractivity contribution in [1.29, 1.82) is 0 Å². The molecular weight excluding hydrogens is 220 g/mol. The van der Waals surface area contributed by atoms with Crippen LogP contribution in [0.4, 0.5) is 5.69 Å². The third-order valence-corrected chi connectivity index (χ3v) is 4.11. The van der Waals surface area contributed by atoms with E-state index < -0.39 is 0 Å². The van der Waals surface area contributed by atoms with Gasteiger partial charge in [-0.3, -0.25) is 0 Å². The molecule has 1 aliphatic rings. The summed E-state index contributed by atoms with van der Waals surface area (Å²) < 4.78 is 0. The standard InChI is InChI=1S/C16H26N2/c1-3-5-13-10-11-18(12-13)15-8-6-14(7-9-15)16(17)4-2/h6-9,13,16H,3-5,10-12,17H2,1-2H3/t13?,16-/m1/s1. The summed E-state index contributed by atoms with van der Waals surface area (Å²) in [5, 5.41) is 0. The van der Waals surface area contributed by atoms with Crippen LogP contribution in [0.5, 0.6) is 0 Å². The average molecular weight is 246 g/mol. The van der Waals surface area contributed by atoms with E-state index in [9.17, 15) is 0 Å². The molecule has 2 N–H and O–H groups in total. The molecule has 2 heteroatoms. The minimum Gasteiger partial charge on any atom is -0.371 e. The topological polar surface area (TPSA) is 29.3 Å². The number of anilines is 1. The van der Waals surface area contributed by atoms with Crippen LogP contribution in [0.25, 0.3) is 0 Å². The zero-order valence-electron chi connectivity index (χ0n) is 11.7. The molecule has 0 amide bonds. The third kappa shape index (κ3) is 3.05. The van der Waals surface area contributed by atoms with Crippen LogP contribution >= 0.6 is 0 Å². The molecule has 1 heterocycles. The molecule has 1 unspecified atom stereocenters. The van der Waals surface area contributed by atoms with Gasteiger partial charge in [0.2, 0.25) is 0 Å². The second kappa shape index (κ2) is 6.24. The fraction of sp³-hybridized carbons (Fsp3) is 0.625. The number of hydrogen-bond donors (Lipinski definition) is 1. The van der Waals surface area contributed by atoms with Gasteiger partial charge in [0.15, 0.2) is 0 Å². The number of nitrogens with zero attached hydrogens (tertiary/aromatic N) is 1. The van der Waals surface area contributed by atoms with Crippen molar-refractivity contribution in [2.24, 2.45) is 11.7 Å². The molecular formula is C16H26N2. The van der Waals surface area contributed by atoms with Crippen LogP contribution in [0.15, 0.2) is 24.3 Å².